The molecule has 0 aliphatic carbocycles. The molecule has 0 saturated carbocycles. The zero-order chi connectivity index (χ0) is 27.8. The van der Waals surface area contributed by atoms with Crippen LogP contribution >= 0.6 is 23.2 Å². The molecule has 0 aliphatic heterocycles. The third-order valence-corrected chi connectivity index (χ3v) is 5.92. The summed E-state index contributed by atoms with van der Waals surface area (Å²) in [4.78, 5) is 33.0. The van der Waals surface area contributed by atoms with E-state index >= 15 is 0 Å². The molecule has 0 aliphatic rings. The van der Waals surface area contributed by atoms with E-state index in [1.165, 1.54) is 42.6 Å². The summed E-state index contributed by atoms with van der Waals surface area (Å²) in [6.45, 7) is -0.212. The van der Waals surface area contributed by atoms with Crippen LogP contribution in [0.5, 0.6) is 0 Å². The normalized spacial score (nSPS) is 13.4. The summed E-state index contributed by atoms with van der Waals surface area (Å²) in [5, 5.41) is 28.9. The number of nitrogens with zero attached hydrogens (tertiary/aromatic N) is 7. The second kappa shape index (κ2) is 10.2. The molecule has 0 saturated heterocycles. The van der Waals surface area contributed by atoms with Crippen LogP contribution in [0.15, 0.2) is 47.4 Å². The van der Waals surface area contributed by atoms with Gasteiger partial charge in [0.05, 0.1) is 11.4 Å². The van der Waals surface area contributed by atoms with Crippen LogP contribution in [0.3, 0.4) is 0 Å². The molecule has 0 spiro atoms. The first-order valence-corrected chi connectivity index (χ1v) is 11.6. The zero-order valence-electron chi connectivity index (χ0n) is 19.4. The molecule has 3 heterocycles. The molecule has 16 heteroatoms. The number of hydrogen-bond donors (Lipinski definition) is 2. The molecule has 3 aromatic heterocycles. The summed E-state index contributed by atoms with van der Waals surface area (Å²) in [5.41, 5.74) is -3.10. The molecule has 1 unspecified atom stereocenters. The lowest BCUT2D eigenvalue weighted by Crippen LogP contribution is -2.35. The second-order valence-corrected chi connectivity index (χ2v) is 9.08. The zero-order valence-corrected chi connectivity index (χ0v) is 20.9. The molecule has 1 aromatic carbocycles. The third kappa shape index (κ3) is 5.56. The van der Waals surface area contributed by atoms with E-state index in [2.05, 4.69) is 20.2 Å². The van der Waals surface area contributed by atoms with Crippen molar-refractivity contribution in [2.45, 2.75) is 38.2 Å². The molecule has 4 aromatic rings. The molecule has 4 rings (SSSR count). The fourth-order valence-corrected chi connectivity index (χ4v) is 3.77. The standard InChI is InChI=1S/C22H18Cl2F3N7O4/c1-21(38,19(35)36)18-29-15(30-34(18)17-14(24)3-2-9-28-17)11-33-20(37)32(10-8-22(25,26)27)16(31-33)12-4-6-13(23)7-5-12/h2-7,9,38H,8,10-11H2,1H3,(H,35,36). The van der Waals surface area contributed by atoms with E-state index in [1.807, 2.05) is 0 Å². The van der Waals surface area contributed by atoms with Gasteiger partial charge in [-0.25, -0.2) is 24.2 Å². The number of rotatable bonds is 8. The Hall–Kier alpha value is -3.75. The SMILES string of the molecule is CC(O)(C(=O)O)c1nc(Cn2nc(-c3ccc(Cl)cc3)n(CCC(F)(F)F)c2=O)nn1-c1ncccc1Cl. The highest BCUT2D eigenvalue weighted by Crippen LogP contribution is 2.26. The first-order chi connectivity index (χ1) is 17.8. The fraction of sp³-hybridized carbons (Fsp3) is 0.273. The lowest BCUT2D eigenvalue weighted by Gasteiger charge is -2.17. The lowest BCUT2D eigenvalue weighted by molar-refractivity contribution is -0.158. The van der Waals surface area contributed by atoms with Crippen LogP contribution in [-0.2, 0) is 23.5 Å². The van der Waals surface area contributed by atoms with Gasteiger partial charge in [-0.15, -0.1) is 10.2 Å². The molecule has 0 fully saturated rings. The average Bonchev–Trinajstić information content (AvgIpc) is 3.40. The molecule has 0 amide bonds. The van der Waals surface area contributed by atoms with Gasteiger partial charge in [0.1, 0.15) is 6.54 Å². The highest BCUT2D eigenvalue weighted by Gasteiger charge is 2.39. The number of aliphatic hydroxyl groups is 1. The van der Waals surface area contributed by atoms with Crippen molar-refractivity contribution in [3.63, 3.8) is 0 Å². The smallest absolute Gasteiger partial charge is 0.390 e. The number of benzene rings is 1. The lowest BCUT2D eigenvalue weighted by atomic mass is 10.1. The van der Waals surface area contributed by atoms with Crippen molar-refractivity contribution >= 4 is 29.2 Å². The molecular formula is C22H18Cl2F3N7O4. The quantitative estimate of drug-likeness (QED) is 0.328. The van der Waals surface area contributed by atoms with Gasteiger partial charge in [-0.3, -0.25) is 4.57 Å². The summed E-state index contributed by atoms with van der Waals surface area (Å²) in [6, 6.07) is 8.95. The minimum absolute atomic E-state index is 0.0469. The Morgan fingerprint density at radius 3 is 2.39 bits per heavy atom. The number of aromatic nitrogens is 7. The van der Waals surface area contributed by atoms with Crippen LogP contribution in [0.4, 0.5) is 13.2 Å². The summed E-state index contributed by atoms with van der Waals surface area (Å²) in [5.74, 6) is -2.41. The summed E-state index contributed by atoms with van der Waals surface area (Å²) < 4.78 is 41.5. The first-order valence-electron chi connectivity index (χ1n) is 10.8. The Morgan fingerprint density at radius 2 is 1.79 bits per heavy atom. The third-order valence-electron chi connectivity index (χ3n) is 5.38. The minimum atomic E-state index is -4.53. The molecule has 0 radical (unpaired) electrons. The van der Waals surface area contributed by atoms with Crippen molar-refractivity contribution in [1.82, 2.24) is 34.1 Å². The predicted octanol–water partition coefficient (Wildman–Crippen LogP) is 3.29. The summed E-state index contributed by atoms with van der Waals surface area (Å²) >= 11 is 12.1. The number of halogens is 5. The Labute approximate surface area is 221 Å². The van der Waals surface area contributed by atoms with Crippen molar-refractivity contribution in [2.24, 2.45) is 0 Å². The number of aliphatic carboxylic acids is 1. The number of carbonyl (C=O) groups is 1. The van der Waals surface area contributed by atoms with E-state index in [1.54, 1.807) is 0 Å². The van der Waals surface area contributed by atoms with Crippen molar-refractivity contribution in [2.75, 3.05) is 0 Å². The molecule has 11 nitrogen and oxygen atoms in total. The van der Waals surface area contributed by atoms with Crippen molar-refractivity contribution < 1.29 is 28.2 Å². The van der Waals surface area contributed by atoms with Gasteiger partial charge < -0.3 is 10.2 Å². The topological polar surface area (TPSA) is 141 Å². The fourth-order valence-electron chi connectivity index (χ4n) is 3.44. The summed E-state index contributed by atoms with van der Waals surface area (Å²) in [6.07, 6.45) is -4.46. The maximum atomic E-state index is 13.1. The number of alkyl halides is 3. The monoisotopic (exact) mass is 571 g/mol. The van der Waals surface area contributed by atoms with Gasteiger partial charge in [0.25, 0.3) is 0 Å². The minimum Gasteiger partial charge on any atom is -0.479 e. The Morgan fingerprint density at radius 1 is 1.11 bits per heavy atom. The molecule has 200 valence electrons. The average molecular weight is 572 g/mol. The Bertz CT molecular complexity index is 1550. The summed E-state index contributed by atoms with van der Waals surface area (Å²) in [7, 11) is 0. The number of carboxylic acids is 1. The molecule has 38 heavy (non-hydrogen) atoms. The second-order valence-electron chi connectivity index (χ2n) is 8.24. The van der Waals surface area contributed by atoms with Crippen LogP contribution in [0.2, 0.25) is 10.0 Å². The maximum Gasteiger partial charge on any atom is 0.390 e. The molecule has 1 atom stereocenters. The van der Waals surface area contributed by atoms with E-state index in [-0.39, 0.29) is 22.5 Å². The van der Waals surface area contributed by atoms with Gasteiger partial charge in [-0.2, -0.15) is 17.9 Å². The van der Waals surface area contributed by atoms with Crippen LogP contribution < -0.4 is 5.69 Å². The highest BCUT2D eigenvalue weighted by molar-refractivity contribution is 6.32. The predicted molar refractivity (Wildman–Crippen MR) is 128 cm³/mol. The van der Waals surface area contributed by atoms with Crippen molar-refractivity contribution in [1.29, 1.82) is 0 Å². The van der Waals surface area contributed by atoms with Crippen molar-refractivity contribution in [3.8, 4) is 17.2 Å². The van der Waals surface area contributed by atoms with Gasteiger partial charge in [0, 0.05) is 23.3 Å². The Balaban J connectivity index is 1.81. The van der Waals surface area contributed by atoms with E-state index in [9.17, 15) is 33.0 Å². The number of carboxylic acid groups (broad SMARTS) is 1. The van der Waals surface area contributed by atoms with E-state index in [0.29, 0.717) is 10.6 Å². The van der Waals surface area contributed by atoms with Crippen LogP contribution in [-0.4, -0.2) is 56.5 Å². The van der Waals surface area contributed by atoms with Gasteiger partial charge in [0.15, 0.2) is 23.3 Å². The van der Waals surface area contributed by atoms with E-state index < -0.39 is 48.8 Å². The van der Waals surface area contributed by atoms with Crippen LogP contribution in [0.1, 0.15) is 25.0 Å². The Kier molecular flexibility index (Phi) is 7.32. The van der Waals surface area contributed by atoms with Crippen molar-refractivity contribution in [3.05, 3.63) is 74.8 Å². The first kappa shape index (κ1) is 27.3. The van der Waals surface area contributed by atoms with Gasteiger partial charge in [0.2, 0.25) is 5.60 Å². The van der Waals surface area contributed by atoms with Gasteiger partial charge >= 0.3 is 17.8 Å². The largest absolute Gasteiger partial charge is 0.479 e. The molecular weight excluding hydrogens is 554 g/mol. The van der Waals surface area contributed by atoms with Crippen LogP contribution in [0, 0.1) is 0 Å². The molecule has 0 bridgehead atoms. The highest BCUT2D eigenvalue weighted by atomic mass is 35.5. The number of hydrogen-bond acceptors (Lipinski definition) is 7. The number of pyridine rings is 1. The van der Waals surface area contributed by atoms with E-state index in [0.717, 1.165) is 20.9 Å². The maximum absolute atomic E-state index is 13.1. The van der Waals surface area contributed by atoms with Crippen LogP contribution in [0.25, 0.3) is 17.2 Å². The van der Waals surface area contributed by atoms with E-state index in [4.69, 9.17) is 23.2 Å². The molecule has 2 N–H and O–H groups in total. The van der Waals surface area contributed by atoms with Gasteiger partial charge in [-0.05, 0) is 43.3 Å². The van der Waals surface area contributed by atoms with Gasteiger partial charge in [-0.1, -0.05) is 23.2 Å².